The van der Waals surface area contributed by atoms with E-state index in [1.54, 1.807) is 13.8 Å². The SMILES string of the molecule is CC(C)C[C@H]1C(C)O[C@H](C(=O)C(C)C)[C@@H](O)[C@@H]1O. The molecule has 106 valence electrons. The van der Waals surface area contributed by atoms with Crippen molar-refractivity contribution >= 4 is 5.78 Å². The summed E-state index contributed by atoms with van der Waals surface area (Å²) in [5.41, 5.74) is 0. The summed E-state index contributed by atoms with van der Waals surface area (Å²) in [7, 11) is 0. The Bertz CT molecular complexity index is 288. The fraction of sp³-hybridized carbons (Fsp3) is 0.929. The summed E-state index contributed by atoms with van der Waals surface area (Å²) in [5, 5.41) is 20.2. The number of rotatable bonds is 4. The second-order valence-electron chi connectivity index (χ2n) is 6.09. The van der Waals surface area contributed by atoms with Crippen molar-refractivity contribution in [1.82, 2.24) is 0 Å². The minimum absolute atomic E-state index is 0.115. The summed E-state index contributed by atoms with van der Waals surface area (Å²) in [6.07, 6.45) is -2.32. The zero-order chi connectivity index (χ0) is 14.0. The minimum Gasteiger partial charge on any atom is -0.390 e. The lowest BCUT2D eigenvalue weighted by Crippen LogP contribution is -2.57. The van der Waals surface area contributed by atoms with E-state index < -0.39 is 18.3 Å². The maximum absolute atomic E-state index is 11.9. The number of carbonyl (C=O) groups is 1. The molecule has 1 aliphatic rings. The van der Waals surface area contributed by atoms with Gasteiger partial charge in [-0.1, -0.05) is 27.7 Å². The van der Waals surface area contributed by atoms with Crippen molar-refractivity contribution in [3.8, 4) is 0 Å². The highest BCUT2D eigenvalue weighted by molar-refractivity contribution is 5.85. The van der Waals surface area contributed by atoms with Crippen LogP contribution in [0.15, 0.2) is 0 Å². The quantitative estimate of drug-likeness (QED) is 0.799. The zero-order valence-corrected chi connectivity index (χ0v) is 12.0. The second kappa shape index (κ2) is 6.13. The molecule has 0 amide bonds. The van der Waals surface area contributed by atoms with Gasteiger partial charge >= 0.3 is 0 Å². The molecule has 2 N–H and O–H groups in total. The van der Waals surface area contributed by atoms with Crippen molar-refractivity contribution in [2.24, 2.45) is 17.8 Å². The fourth-order valence-corrected chi connectivity index (χ4v) is 2.56. The molecule has 1 fully saturated rings. The Morgan fingerprint density at radius 3 is 2.17 bits per heavy atom. The van der Waals surface area contributed by atoms with Crippen LogP contribution in [0, 0.1) is 17.8 Å². The van der Waals surface area contributed by atoms with E-state index in [1.165, 1.54) is 0 Å². The number of carbonyl (C=O) groups excluding carboxylic acids is 1. The molecule has 1 heterocycles. The predicted octanol–water partition coefficient (Wildman–Crippen LogP) is 1.38. The predicted molar refractivity (Wildman–Crippen MR) is 69.1 cm³/mol. The van der Waals surface area contributed by atoms with Gasteiger partial charge in [-0.2, -0.15) is 0 Å². The molecule has 0 spiro atoms. The number of aliphatic hydroxyl groups excluding tert-OH is 2. The summed E-state index contributed by atoms with van der Waals surface area (Å²) in [4.78, 5) is 11.9. The van der Waals surface area contributed by atoms with E-state index in [1.807, 2.05) is 6.92 Å². The van der Waals surface area contributed by atoms with Crippen molar-refractivity contribution in [1.29, 1.82) is 0 Å². The van der Waals surface area contributed by atoms with Gasteiger partial charge in [0.15, 0.2) is 5.78 Å². The third-order valence-electron chi connectivity index (χ3n) is 3.66. The zero-order valence-electron chi connectivity index (χ0n) is 12.0. The summed E-state index contributed by atoms with van der Waals surface area (Å²) < 4.78 is 5.65. The average Bonchev–Trinajstić information content (AvgIpc) is 2.28. The minimum atomic E-state index is -1.11. The van der Waals surface area contributed by atoms with Crippen LogP contribution >= 0.6 is 0 Å². The van der Waals surface area contributed by atoms with E-state index in [-0.39, 0.29) is 23.7 Å². The molecule has 0 radical (unpaired) electrons. The number of ether oxygens (including phenoxy) is 1. The molecule has 1 rings (SSSR count). The first-order valence-electron chi connectivity index (χ1n) is 6.81. The molecule has 4 heteroatoms. The van der Waals surface area contributed by atoms with Crippen LogP contribution < -0.4 is 0 Å². The van der Waals surface area contributed by atoms with Crippen molar-refractivity contribution in [2.45, 2.75) is 65.5 Å². The number of hydrogen-bond acceptors (Lipinski definition) is 4. The van der Waals surface area contributed by atoms with E-state index in [9.17, 15) is 15.0 Å². The normalized spacial score (nSPS) is 37.3. The number of ketones is 1. The van der Waals surface area contributed by atoms with Crippen LogP contribution in [0.1, 0.15) is 41.0 Å². The maximum Gasteiger partial charge on any atom is 0.166 e. The lowest BCUT2D eigenvalue weighted by atomic mass is 9.80. The largest absolute Gasteiger partial charge is 0.390 e. The van der Waals surface area contributed by atoms with E-state index in [4.69, 9.17) is 4.74 Å². The van der Waals surface area contributed by atoms with Gasteiger partial charge in [-0.3, -0.25) is 4.79 Å². The van der Waals surface area contributed by atoms with Crippen LogP contribution in [-0.4, -0.2) is 40.4 Å². The molecule has 0 bridgehead atoms. The molecule has 0 aromatic heterocycles. The lowest BCUT2D eigenvalue weighted by molar-refractivity contribution is -0.201. The van der Waals surface area contributed by atoms with E-state index in [2.05, 4.69) is 13.8 Å². The number of Topliss-reactive ketones (excluding diaryl/α,β-unsaturated/α-hetero) is 1. The molecule has 18 heavy (non-hydrogen) atoms. The van der Waals surface area contributed by atoms with Crippen LogP contribution in [0.5, 0.6) is 0 Å². The van der Waals surface area contributed by atoms with Crippen molar-refractivity contribution in [2.75, 3.05) is 0 Å². The number of hydrogen-bond donors (Lipinski definition) is 2. The summed E-state index contributed by atoms with van der Waals surface area (Å²) in [6, 6.07) is 0. The monoisotopic (exact) mass is 258 g/mol. The third kappa shape index (κ3) is 3.31. The average molecular weight is 258 g/mol. The van der Waals surface area contributed by atoms with Crippen LogP contribution in [0.3, 0.4) is 0 Å². The topological polar surface area (TPSA) is 66.8 Å². The Balaban J connectivity index is 2.79. The molecule has 1 saturated heterocycles. The molecule has 1 unspecified atom stereocenters. The van der Waals surface area contributed by atoms with Crippen LogP contribution in [0.4, 0.5) is 0 Å². The Hall–Kier alpha value is -0.450. The Labute approximate surface area is 109 Å². The van der Waals surface area contributed by atoms with Gasteiger partial charge in [0.25, 0.3) is 0 Å². The van der Waals surface area contributed by atoms with E-state index in [0.29, 0.717) is 5.92 Å². The third-order valence-corrected chi connectivity index (χ3v) is 3.66. The molecule has 0 aromatic rings. The molecular weight excluding hydrogens is 232 g/mol. The fourth-order valence-electron chi connectivity index (χ4n) is 2.56. The highest BCUT2D eigenvalue weighted by Gasteiger charge is 2.45. The van der Waals surface area contributed by atoms with Gasteiger partial charge in [0, 0.05) is 11.8 Å². The van der Waals surface area contributed by atoms with Gasteiger partial charge in [-0.25, -0.2) is 0 Å². The van der Waals surface area contributed by atoms with Crippen molar-refractivity contribution < 1.29 is 19.7 Å². The first-order valence-corrected chi connectivity index (χ1v) is 6.81. The first-order chi connectivity index (χ1) is 8.25. The van der Waals surface area contributed by atoms with Gasteiger partial charge < -0.3 is 14.9 Å². The summed E-state index contributed by atoms with van der Waals surface area (Å²) in [6.45, 7) is 9.54. The maximum atomic E-state index is 11.9. The standard InChI is InChI=1S/C14H26O4/c1-7(2)6-10-9(5)18-14(11(15)8(3)4)13(17)12(10)16/h7-10,12-14,16-17H,6H2,1-5H3/t9?,10-,12+,13-,14+/m0/s1. The smallest absolute Gasteiger partial charge is 0.166 e. The van der Waals surface area contributed by atoms with Gasteiger partial charge in [0.2, 0.25) is 0 Å². The van der Waals surface area contributed by atoms with Gasteiger partial charge in [0.05, 0.1) is 12.2 Å². The van der Waals surface area contributed by atoms with Gasteiger partial charge in [0.1, 0.15) is 12.2 Å². The Morgan fingerprint density at radius 1 is 1.17 bits per heavy atom. The molecule has 1 aliphatic heterocycles. The second-order valence-corrected chi connectivity index (χ2v) is 6.09. The van der Waals surface area contributed by atoms with Gasteiger partial charge in [-0.15, -0.1) is 0 Å². The molecule has 0 aromatic carbocycles. The molecule has 0 saturated carbocycles. The van der Waals surface area contributed by atoms with Crippen LogP contribution in [0.2, 0.25) is 0 Å². The van der Waals surface area contributed by atoms with E-state index >= 15 is 0 Å². The Kier molecular flexibility index (Phi) is 5.32. The molecular formula is C14H26O4. The van der Waals surface area contributed by atoms with Crippen LogP contribution in [-0.2, 0) is 9.53 Å². The first kappa shape index (κ1) is 15.6. The molecule has 0 aliphatic carbocycles. The molecule has 5 atom stereocenters. The summed E-state index contributed by atoms with van der Waals surface area (Å²) in [5.74, 6) is -0.0430. The van der Waals surface area contributed by atoms with Crippen molar-refractivity contribution in [3.05, 3.63) is 0 Å². The number of aliphatic hydroxyl groups is 2. The van der Waals surface area contributed by atoms with Crippen LogP contribution in [0.25, 0.3) is 0 Å². The Morgan fingerprint density at radius 2 is 1.72 bits per heavy atom. The lowest BCUT2D eigenvalue weighted by Gasteiger charge is -2.42. The van der Waals surface area contributed by atoms with Crippen molar-refractivity contribution in [3.63, 3.8) is 0 Å². The highest BCUT2D eigenvalue weighted by atomic mass is 16.5. The highest BCUT2D eigenvalue weighted by Crippen LogP contribution is 2.31. The summed E-state index contributed by atoms with van der Waals surface area (Å²) >= 11 is 0. The molecule has 4 nitrogen and oxygen atoms in total. The van der Waals surface area contributed by atoms with E-state index in [0.717, 1.165) is 6.42 Å². The van der Waals surface area contributed by atoms with Gasteiger partial charge in [-0.05, 0) is 19.3 Å².